The maximum Gasteiger partial charge on any atom is 0.254 e. The number of hydrogen-bond acceptors (Lipinski definition) is 4. The van der Waals surface area contributed by atoms with Crippen molar-refractivity contribution in [2.45, 2.75) is 50.3 Å². The first-order valence-corrected chi connectivity index (χ1v) is 9.80. The second-order valence-corrected chi connectivity index (χ2v) is 10.6. The molecule has 2 aromatic heterocycles. The Labute approximate surface area is 160 Å². The smallest absolute Gasteiger partial charge is 0.254 e. The summed E-state index contributed by atoms with van der Waals surface area (Å²) in [5.74, 6) is 0.382. The lowest BCUT2D eigenvalue weighted by Crippen LogP contribution is -2.30. The summed E-state index contributed by atoms with van der Waals surface area (Å²) < 4.78 is 1.89. The molecule has 1 aliphatic heterocycles. The number of carbonyl (C=O) groups is 1. The normalized spacial score (nSPS) is 19.8. The van der Waals surface area contributed by atoms with Gasteiger partial charge in [-0.2, -0.15) is 5.10 Å². The number of aromatic nitrogens is 3. The van der Waals surface area contributed by atoms with E-state index < -0.39 is 0 Å². The second-order valence-electron chi connectivity index (χ2n) is 8.77. The predicted molar refractivity (Wildman–Crippen MR) is 105 cm³/mol. The summed E-state index contributed by atoms with van der Waals surface area (Å²) >= 11 is 1.68. The zero-order valence-corrected chi connectivity index (χ0v) is 17.3. The Hall–Kier alpha value is -1.82. The second kappa shape index (κ2) is 6.72. The number of likely N-dealkylation sites (tertiary alicyclic amines) is 1. The third kappa shape index (κ3) is 4.11. The van der Waals surface area contributed by atoms with Crippen LogP contribution in [0.3, 0.4) is 0 Å². The van der Waals surface area contributed by atoms with E-state index in [0.717, 1.165) is 23.7 Å². The van der Waals surface area contributed by atoms with E-state index >= 15 is 0 Å². The third-order valence-corrected chi connectivity index (χ3v) is 5.80. The minimum absolute atomic E-state index is 0.0225. The van der Waals surface area contributed by atoms with E-state index in [1.54, 1.807) is 18.0 Å². The first-order valence-electron chi connectivity index (χ1n) is 8.98. The van der Waals surface area contributed by atoms with Crippen LogP contribution in [0.5, 0.6) is 0 Å². The zero-order chi connectivity index (χ0) is 19.1. The van der Waals surface area contributed by atoms with Gasteiger partial charge < -0.3 is 4.90 Å². The molecule has 1 unspecified atom stereocenters. The first-order chi connectivity index (χ1) is 12.0. The highest BCUT2D eigenvalue weighted by Crippen LogP contribution is 2.42. The van der Waals surface area contributed by atoms with Crippen LogP contribution in [-0.4, -0.2) is 43.4 Å². The Kier molecular flexibility index (Phi) is 4.90. The largest absolute Gasteiger partial charge is 0.337 e. The van der Waals surface area contributed by atoms with Gasteiger partial charge in [-0.3, -0.25) is 9.48 Å². The van der Waals surface area contributed by atoms with E-state index in [1.807, 2.05) is 35.0 Å². The molecule has 140 valence electrons. The number of carbonyl (C=O) groups excluding carboxylic acids is 1. The van der Waals surface area contributed by atoms with Crippen molar-refractivity contribution >= 4 is 17.7 Å². The Morgan fingerprint density at radius 1 is 1.35 bits per heavy atom. The summed E-state index contributed by atoms with van der Waals surface area (Å²) in [5, 5.41) is 5.20. The summed E-state index contributed by atoms with van der Waals surface area (Å²) in [7, 11) is 1.93. The van der Waals surface area contributed by atoms with Crippen LogP contribution in [0.15, 0.2) is 35.7 Å². The van der Waals surface area contributed by atoms with Crippen molar-refractivity contribution in [2.24, 2.45) is 12.5 Å². The molecule has 1 atom stereocenters. The van der Waals surface area contributed by atoms with Gasteiger partial charge in [-0.15, -0.1) is 11.8 Å². The molecule has 0 aromatic carbocycles. The van der Waals surface area contributed by atoms with Crippen molar-refractivity contribution < 1.29 is 4.79 Å². The topological polar surface area (TPSA) is 51.0 Å². The molecular formula is C20H28N4OS. The Morgan fingerprint density at radius 3 is 2.69 bits per heavy atom. The van der Waals surface area contributed by atoms with Crippen LogP contribution in [0.1, 0.15) is 56.5 Å². The summed E-state index contributed by atoms with van der Waals surface area (Å²) in [4.78, 5) is 19.5. The molecule has 0 aliphatic carbocycles. The molecule has 0 radical (unpaired) electrons. The van der Waals surface area contributed by atoms with Gasteiger partial charge in [0.2, 0.25) is 0 Å². The predicted octanol–water partition coefficient (Wildman–Crippen LogP) is 3.97. The van der Waals surface area contributed by atoms with E-state index in [2.05, 4.69) is 50.9 Å². The maximum absolute atomic E-state index is 13.1. The Morgan fingerprint density at radius 2 is 2.08 bits per heavy atom. The van der Waals surface area contributed by atoms with Crippen molar-refractivity contribution in [3.63, 3.8) is 0 Å². The van der Waals surface area contributed by atoms with Crippen molar-refractivity contribution in [1.29, 1.82) is 0 Å². The average Bonchev–Trinajstić information content (AvgIpc) is 3.07. The lowest BCUT2D eigenvalue weighted by Gasteiger charge is -2.24. The molecule has 1 fully saturated rings. The molecule has 6 heteroatoms. The van der Waals surface area contributed by atoms with Crippen molar-refractivity contribution in [3.8, 4) is 0 Å². The van der Waals surface area contributed by atoms with Gasteiger partial charge in [0.25, 0.3) is 5.91 Å². The van der Waals surface area contributed by atoms with Gasteiger partial charge >= 0.3 is 0 Å². The molecule has 3 rings (SSSR count). The highest BCUT2D eigenvalue weighted by atomic mass is 32.2. The van der Waals surface area contributed by atoms with Gasteiger partial charge in [0.1, 0.15) is 0 Å². The van der Waals surface area contributed by atoms with Gasteiger partial charge in [-0.25, -0.2) is 4.98 Å². The van der Waals surface area contributed by atoms with E-state index in [0.29, 0.717) is 5.92 Å². The highest BCUT2D eigenvalue weighted by Gasteiger charge is 2.42. The summed E-state index contributed by atoms with van der Waals surface area (Å²) in [6, 6.07) is 3.74. The summed E-state index contributed by atoms with van der Waals surface area (Å²) in [5.41, 5.74) is 1.94. The van der Waals surface area contributed by atoms with Crippen molar-refractivity contribution in [2.75, 3.05) is 13.1 Å². The van der Waals surface area contributed by atoms with E-state index in [1.165, 1.54) is 5.56 Å². The number of rotatable bonds is 3. The number of aryl methyl sites for hydroxylation is 1. The van der Waals surface area contributed by atoms with Gasteiger partial charge in [-0.1, -0.05) is 34.6 Å². The van der Waals surface area contributed by atoms with Crippen molar-refractivity contribution in [3.05, 3.63) is 41.9 Å². The monoisotopic (exact) mass is 372 g/mol. The van der Waals surface area contributed by atoms with Crippen LogP contribution in [0.25, 0.3) is 0 Å². The van der Waals surface area contributed by atoms with E-state index in [4.69, 9.17) is 0 Å². The fourth-order valence-electron chi connectivity index (χ4n) is 3.56. The molecule has 1 aliphatic rings. The number of thioether (sulfide) groups is 1. The molecular weight excluding hydrogens is 344 g/mol. The Bertz CT molecular complexity index is 806. The molecule has 0 spiro atoms. The van der Waals surface area contributed by atoms with Crippen LogP contribution < -0.4 is 0 Å². The SMILES string of the molecule is Cn1cc(C2CN(C(=O)c3ccnc(SC(C)(C)C)c3)CC2(C)C)cn1. The van der Waals surface area contributed by atoms with Gasteiger partial charge in [0, 0.05) is 48.8 Å². The van der Waals surface area contributed by atoms with Crippen LogP contribution >= 0.6 is 11.8 Å². The lowest BCUT2D eigenvalue weighted by molar-refractivity contribution is 0.0777. The zero-order valence-electron chi connectivity index (χ0n) is 16.5. The fraction of sp³-hybridized carbons (Fsp3) is 0.550. The van der Waals surface area contributed by atoms with Gasteiger partial charge in [0.15, 0.2) is 0 Å². The number of nitrogens with zero attached hydrogens (tertiary/aromatic N) is 4. The first kappa shape index (κ1) is 19.0. The standard InChI is InChI=1S/C20H28N4OS/c1-19(2,3)26-17-9-14(7-8-21-17)18(25)24-12-16(20(4,5)13-24)15-10-22-23(6)11-15/h7-11,16H,12-13H2,1-6H3. The molecule has 0 bridgehead atoms. The molecule has 3 heterocycles. The molecule has 26 heavy (non-hydrogen) atoms. The van der Waals surface area contributed by atoms with Crippen LogP contribution in [0.2, 0.25) is 0 Å². The van der Waals surface area contributed by atoms with Crippen LogP contribution in [0.4, 0.5) is 0 Å². The summed E-state index contributed by atoms with van der Waals surface area (Å²) in [6.45, 7) is 12.4. The molecule has 0 N–H and O–H groups in total. The Balaban J connectivity index is 1.80. The average molecular weight is 373 g/mol. The van der Waals surface area contributed by atoms with Crippen LogP contribution in [-0.2, 0) is 7.05 Å². The maximum atomic E-state index is 13.1. The van der Waals surface area contributed by atoms with E-state index in [-0.39, 0.29) is 16.1 Å². The van der Waals surface area contributed by atoms with E-state index in [9.17, 15) is 4.79 Å². The fourth-order valence-corrected chi connectivity index (χ4v) is 4.49. The van der Waals surface area contributed by atoms with Crippen LogP contribution in [0, 0.1) is 5.41 Å². The minimum atomic E-state index is 0.0225. The van der Waals surface area contributed by atoms with Gasteiger partial charge in [-0.05, 0) is 23.1 Å². The third-order valence-electron chi connectivity index (χ3n) is 4.75. The number of amides is 1. The van der Waals surface area contributed by atoms with Gasteiger partial charge in [0.05, 0.1) is 11.2 Å². The molecule has 5 nitrogen and oxygen atoms in total. The molecule has 1 saturated heterocycles. The lowest BCUT2D eigenvalue weighted by atomic mass is 9.79. The van der Waals surface area contributed by atoms with Crippen molar-refractivity contribution in [1.82, 2.24) is 19.7 Å². The molecule has 1 amide bonds. The number of hydrogen-bond donors (Lipinski definition) is 0. The molecule has 0 saturated carbocycles. The quantitative estimate of drug-likeness (QED) is 0.765. The summed E-state index contributed by atoms with van der Waals surface area (Å²) in [6.07, 6.45) is 5.72. The molecule has 2 aromatic rings. The number of pyridine rings is 1. The minimum Gasteiger partial charge on any atom is -0.337 e. The highest BCUT2D eigenvalue weighted by molar-refractivity contribution is 8.00.